The Balaban J connectivity index is 1.78. The van der Waals surface area contributed by atoms with Crippen molar-refractivity contribution in [2.45, 2.75) is 56.9 Å². The van der Waals surface area contributed by atoms with Crippen LogP contribution in [-0.2, 0) is 17.6 Å². The summed E-state index contributed by atoms with van der Waals surface area (Å²) >= 11 is 0. The summed E-state index contributed by atoms with van der Waals surface area (Å²) in [6.45, 7) is 1.27. The molecule has 27 heavy (non-hydrogen) atoms. The number of hydrogen-bond donors (Lipinski definition) is 4. The van der Waals surface area contributed by atoms with Crippen LogP contribution in [0.2, 0.25) is 0 Å². The Hall–Kier alpha value is -1.97. The van der Waals surface area contributed by atoms with Gasteiger partial charge in [-0.05, 0) is 49.4 Å². The van der Waals surface area contributed by atoms with Crippen LogP contribution in [0.1, 0.15) is 23.1 Å². The lowest BCUT2D eigenvalue weighted by atomic mass is 9.99. The van der Waals surface area contributed by atoms with Gasteiger partial charge in [-0.15, -0.1) is 0 Å². The molecular weight excluding hydrogens is 356 g/mol. The van der Waals surface area contributed by atoms with Crippen LogP contribution < -0.4 is 10.4 Å². The van der Waals surface area contributed by atoms with E-state index in [1.54, 1.807) is 12.1 Å². The van der Waals surface area contributed by atoms with Gasteiger partial charge in [0.2, 0.25) is 6.29 Å². The Labute approximate surface area is 154 Å². The molecule has 0 unspecified atom stereocenters. The molecule has 2 aromatic rings. The second-order valence-corrected chi connectivity index (χ2v) is 7.15. The number of ether oxygens (including phenoxy) is 2. The van der Waals surface area contributed by atoms with Gasteiger partial charge in [-0.3, -0.25) is 0 Å². The van der Waals surface area contributed by atoms with Crippen LogP contribution in [0, 0.1) is 6.92 Å². The lowest BCUT2D eigenvalue weighted by molar-refractivity contribution is -0.277. The first kappa shape index (κ1) is 18.4. The fraction of sp³-hybridized carbons (Fsp3) is 0.526. The van der Waals surface area contributed by atoms with Crippen molar-refractivity contribution in [2.24, 2.45) is 0 Å². The smallest absolute Gasteiger partial charge is 0.339 e. The van der Waals surface area contributed by atoms with Gasteiger partial charge in [-0.25, -0.2) is 4.79 Å². The second kappa shape index (κ2) is 6.88. The fourth-order valence-corrected chi connectivity index (χ4v) is 3.89. The highest BCUT2D eigenvalue weighted by atomic mass is 16.7. The van der Waals surface area contributed by atoms with E-state index in [1.807, 2.05) is 6.92 Å². The molecule has 0 bridgehead atoms. The minimum absolute atomic E-state index is 0.348. The van der Waals surface area contributed by atoms with E-state index in [-0.39, 0.29) is 5.63 Å². The largest absolute Gasteiger partial charge is 0.461 e. The molecule has 0 spiro atoms. The minimum atomic E-state index is -1.53. The molecule has 1 aliphatic heterocycles. The third kappa shape index (κ3) is 3.03. The van der Waals surface area contributed by atoms with Crippen molar-refractivity contribution in [3.63, 3.8) is 0 Å². The zero-order valence-corrected chi connectivity index (χ0v) is 14.8. The van der Waals surface area contributed by atoms with Crippen molar-refractivity contribution in [1.82, 2.24) is 0 Å². The normalized spacial score (nSPS) is 30.5. The molecule has 5 atom stereocenters. The summed E-state index contributed by atoms with van der Waals surface area (Å²) in [5.41, 5.74) is 2.31. The first-order valence-electron chi connectivity index (χ1n) is 8.97. The molecule has 8 nitrogen and oxygen atoms in total. The number of aliphatic hydroxyl groups is 4. The summed E-state index contributed by atoms with van der Waals surface area (Å²) in [5, 5.41) is 40.1. The zero-order chi connectivity index (χ0) is 19.3. The molecule has 0 radical (unpaired) electrons. The van der Waals surface area contributed by atoms with Crippen molar-refractivity contribution in [2.75, 3.05) is 6.61 Å². The van der Waals surface area contributed by atoms with Crippen molar-refractivity contribution in [3.8, 4) is 5.75 Å². The molecule has 1 fully saturated rings. The van der Waals surface area contributed by atoms with E-state index in [1.165, 1.54) is 0 Å². The van der Waals surface area contributed by atoms with Crippen molar-refractivity contribution in [1.29, 1.82) is 0 Å². The average molecular weight is 378 g/mol. The molecule has 1 aromatic carbocycles. The lowest BCUT2D eigenvalue weighted by Crippen LogP contribution is -2.60. The topological polar surface area (TPSA) is 130 Å². The van der Waals surface area contributed by atoms with Gasteiger partial charge in [0.05, 0.1) is 12.0 Å². The SMILES string of the molecule is Cc1cc(O[C@@H]2O[C@H](CO)[C@H](O)[C@H](O)[C@H]2O)c2c3c(c(=O)oc2c1)CCC3. The van der Waals surface area contributed by atoms with Crippen molar-refractivity contribution >= 4 is 11.0 Å². The summed E-state index contributed by atoms with van der Waals surface area (Å²) < 4.78 is 16.8. The molecule has 2 heterocycles. The van der Waals surface area contributed by atoms with E-state index in [0.717, 1.165) is 17.5 Å². The molecule has 1 saturated heterocycles. The molecule has 4 rings (SSSR count). The molecule has 0 saturated carbocycles. The molecule has 1 aromatic heterocycles. The van der Waals surface area contributed by atoms with Crippen LogP contribution in [-0.4, -0.2) is 57.7 Å². The van der Waals surface area contributed by atoms with Gasteiger partial charge >= 0.3 is 5.63 Å². The Morgan fingerprint density at radius 2 is 1.85 bits per heavy atom. The maximum Gasteiger partial charge on any atom is 0.339 e. The van der Waals surface area contributed by atoms with Crippen LogP contribution >= 0.6 is 0 Å². The summed E-state index contributed by atoms with van der Waals surface area (Å²) in [4.78, 5) is 12.2. The number of fused-ring (bicyclic) bond motifs is 3. The molecule has 146 valence electrons. The monoisotopic (exact) mass is 378 g/mol. The Kier molecular flexibility index (Phi) is 4.69. The Bertz CT molecular complexity index is 918. The van der Waals surface area contributed by atoms with Gasteiger partial charge in [0.25, 0.3) is 0 Å². The maximum absolute atomic E-state index is 12.2. The predicted molar refractivity (Wildman–Crippen MR) is 93.6 cm³/mol. The number of hydrogen-bond acceptors (Lipinski definition) is 8. The van der Waals surface area contributed by atoms with E-state index in [0.29, 0.717) is 35.1 Å². The molecule has 1 aliphatic carbocycles. The van der Waals surface area contributed by atoms with Crippen LogP contribution in [0.25, 0.3) is 11.0 Å². The Morgan fingerprint density at radius 3 is 2.59 bits per heavy atom. The maximum atomic E-state index is 12.2. The molecule has 2 aliphatic rings. The summed E-state index contributed by atoms with van der Waals surface area (Å²) in [6.07, 6.45) is -4.66. The molecule has 4 N–H and O–H groups in total. The Morgan fingerprint density at radius 1 is 1.11 bits per heavy atom. The van der Waals surface area contributed by atoms with E-state index < -0.39 is 37.3 Å². The summed E-state index contributed by atoms with van der Waals surface area (Å²) in [6, 6.07) is 3.48. The number of aryl methyl sites for hydroxylation is 2. The summed E-state index contributed by atoms with van der Waals surface area (Å²) in [7, 11) is 0. The van der Waals surface area contributed by atoms with E-state index in [4.69, 9.17) is 13.9 Å². The van der Waals surface area contributed by atoms with Gasteiger partial charge in [-0.2, -0.15) is 0 Å². The highest BCUT2D eigenvalue weighted by Gasteiger charge is 2.45. The molecule has 0 amide bonds. The van der Waals surface area contributed by atoms with Crippen molar-refractivity contribution < 1.29 is 34.3 Å². The quantitative estimate of drug-likeness (QED) is 0.539. The molecular formula is C19H22O8. The van der Waals surface area contributed by atoms with Crippen LogP contribution in [0.4, 0.5) is 0 Å². The van der Waals surface area contributed by atoms with E-state index in [9.17, 15) is 25.2 Å². The standard InChI is InChI=1S/C19H22O8/c1-8-5-11-14(9-3-2-4-10(9)18(24)25-11)12(6-8)26-19-17(23)16(22)15(21)13(7-20)27-19/h5-6,13,15-17,19-23H,2-4,7H2,1H3/t13-,15+,16+,17-,19-/m1/s1. The summed E-state index contributed by atoms with van der Waals surface area (Å²) in [5.74, 6) is 0.358. The highest BCUT2D eigenvalue weighted by molar-refractivity contribution is 5.88. The molecule has 8 heteroatoms. The van der Waals surface area contributed by atoms with Gasteiger partial charge < -0.3 is 34.3 Å². The van der Waals surface area contributed by atoms with Crippen molar-refractivity contribution in [3.05, 3.63) is 39.2 Å². The van der Waals surface area contributed by atoms with Gasteiger partial charge in [0.15, 0.2) is 0 Å². The highest BCUT2D eigenvalue weighted by Crippen LogP contribution is 2.36. The van der Waals surface area contributed by atoms with Crippen LogP contribution in [0.5, 0.6) is 5.75 Å². The van der Waals surface area contributed by atoms with Crippen LogP contribution in [0.15, 0.2) is 21.3 Å². The number of benzene rings is 1. The van der Waals surface area contributed by atoms with Crippen LogP contribution in [0.3, 0.4) is 0 Å². The zero-order valence-electron chi connectivity index (χ0n) is 14.8. The first-order chi connectivity index (χ1) is 12.9. The first-order valence-corrected chi connectivity index (χ1v) is 8.97. The average Bonchev–Trinajstić information content (AvgIpc) is 3.12. The fourth-order valence-electron chi connectivity index (χ4n) is 3.89. The second-order valence-electron chi connectivity index (χ2n) is 7.15. The predicted octanol–water partition coefficient (Wildman–Crippen LogP) is -0.231. The van der Waals surface area contributed by atoms with E-state index in [2.05, 4.69) is 0 Å². The van der Waals surface area contributed by atoms with Gasteiger partial charge in [-0.1, -0.05) is 0 Å². The van der Waals surface area contributed by atoms with Gasteiger partial charge in [0.1, 0.15) is 35.7 Å². The third-order valence-corrected chi connectivity index (χ3v) is 5.27. The lowest BCUT2D eigenvalue weighted by Gasteiger charge is -2.39. The van der Waals surface area contributed by atoms with Gasteiger partial charge in [0, 0.05) is 5.56 Å². The third-order valence-electron chi connectivity index (χ3n) is 5.27. The van der Waals surface area contributed by atoms with E-state index >= 15 is 0 Å². The number of aliphatic hydroxyl groups excluding tert-OH is 4. The number of rotatable bonds is 3. The minimum Gasteiger partial charge on any atom is -0.461 e.